The summed E-state index contributed by atoms with van der Waals surface area (Å²) in [6.07, 6.45) is 1.47. The van der Waals surface area contributed by atoms with Crippen LogP contribution in [0.3, 0.4) is 0 Å². The fraction of sp³-hybridized carbons (Fsp3) is 0.250. The molecular formula is C24H25Cl2N5O3. The molecule has 8 nitrogen and oxygen atoms in total. The molecule has 0 bridgehead atoms. The second-order valence-corrected chi connectivity index (χ2v) is 9.55. The second-order valence-electron chi connectivity index (χ2n) is 8.70. The fourth-order valence-corrected chi connectivity index (χ4v) is 3.91. The van der Waals surface area contributed by atoms with Gasteiger partial charge in [-0.15, -0.1) is 0 Å². The third-order valence-electron chi connectivity index (χ3n) is 4.91. The molecule has 0 saturated carbocycles. The van der Waals surface area contributed by atoms with Crippen molar-refractivity contribution in [2.75, 3.05) is 5.32 Å². The van der Waals surface area contributed by atoms with E-state index >= 15 is 0 Å². The highest BCUT2D eigenvalue weighted by molar-refractivity contribution is 6.33. The molecule has 0 spiro atoms. The number of carbonyl (C=O) groups is 3. The van der Waals surface area contributed by atoms with Crippen LogP contribution in [0.4, 0.5) is 5.69 Å². The van der Waals surface area contributed by atoms with E-state index in [0.717, 1.165) is 0 Å². The SMILES string of the molecule is CC(=O)NNC(=O)c1cc(Cl)cc(C)c1NC(=O)c1cnn(C(C)(C)C)c1-c1ccccc1Cl. The van der Waals surface area contributed by atoms with Crippen molar-refractivity contribution in [3.8, 4) is 11.3 Å². The minimum absolute atomic E-state index is 0.0922. The van der Waals surface area contributed by atoms with Gasteiger partial charge in [-0.25, -0.2) is 0 Å². The Hall–Kier alpha value is -3.36. The van der Waals surface area contributed by atoms with Crippen LogP contribution in [0.5, 0.6) is 0 Å². The Morgan fingerprint density at radius 1 is 0.971 bits per heavy atom. The summed E-state index contributed by atoms with van der Waals surface area (Å²) < 4.78 is 1.74. The number of rotatable bonds is 4. The molecule has 10 heteroatoms. The van der Waals surface area contributed by atoms with E-state index in [9.17, 15) is 14.4 Å². The fourth-order valence-electron chi connectivity index (χ4n) is 3.42. The highest BCUT2D eigenvalue weighted by Crippen LogP contribution is 2.34. The quantitative estimate of drug-likeness (QED) is 0.439. The van der Waals surface area contributed by atoms with E-state index in [1.54, 1.807) is 29.8 Å². The van der Waals surface area contributed by atoms with Gasteiger partial charge in [0.25, 0.3) is 11.8 Å². The Labute approximate surface area is 207 Å². The summed E-state index contributed by atoms with van der Waals surface area (Å²) in [7, 11) is 0. The third kappa shape index (κ3) is 5.40. The molecule has 3 N–H and O–H groups in total. The van der Waals surface area contributed by atoms with E-state index in [4.69, 9.17) is 23.2 Å². The monoisotopic (exact) mass is 501 g/mol. The largest absolute Gasteiger partial charge is 0.321 e. The zero-order valence-corrected chi connectivity index (χ0v) is 20.9. The molecule has 0 atom stereocenters. The van der Waals surface area contributed by atoms with Crippen LogP contribution in [-0.4, -0.2) is 27.5 Å². The minimum atomic E-state index is -0.632. The van der Waals surface area contributed by atoms with Crippen molar-refractivity contribution in [3.05, 3.63) is 69.3 Å². The molecule has 0 aliphatic heterocycles. The number of benzene rings is 2. The Bertz CT molecular complexity index is 1280. The van der Waals surface area contributed by atoms with E-state index in [1.165, 1.54) is 19.2 Å². The lowest BCUT2D eigenvalue weighted by atomic mass is 10.0. The molecular weight excluding hydrogens is 477 g/mol. The van der Waals surface area contributed by atoms with Crippen LogP contribution in [-0.2, 0) is 10.3 Å². The predicted molar refractivity (Wildman–Crippen MR) is 133 cm³/mol. The van der Waals surface area contributed by atoms with Crippen molar-refractivity contribution >= 4 is 46.6 Å². The number of halogens is 2. The number of amides is 3. The molecule has 1 aromatic heterocycles. The van der Waals surface area contributed by atoms with Crippen molar-refractivity contribution in [1.29, 1.82) is 0 Å². The molecule has 0 aliphatic rings. The minimum Gasteiger partial charge on any atom is -0.321 e. The van der Waals surface area contributed by atoms with Gasteiger partial charge in [-0.1, -0.05) is 41.4 Å². The molecule has 3 aromatic rings. The van der Waals surface area contributed by atoms with Gasteiger partial charge in [-0.3, -0.25) is 29.9 Å². The predicted octanol–water partition coefficient (Wildman–Crippen LogP) is 4.95. The normalized spacial score (nSPS) is 11.1. The van der Waals surface area contributed by atoms with Crippen LogP contribution in [0.25, 0.3) is 11.3 Å². The van der Waals surface area contributed by atoms with Gasteiger partial charge in [-0.05, 0) is 51.5 Å². The van der Waals surface area contributed by atoms with Crippen LogP contribution in [0, 0.1) is 6.92 Å². The van der Waals surface area contributed by atoms with Gasteiger partial charge < -0.3 is 5.32 Å². The number of anilines is 1. The summed E-state index contributed by atoms with van der Waals surface area (Å²) in [5.41, 5.74) is 6.48. The van der Waals surface area contributed by atoms with E-state index in [2.05, 4.69) is 21.3 Å². The van der Waals surface area contributed by atoms with E-state index < -0.39 is 23.3 Å². The summed E-state index contributed by atoms with van der Waals surface area (Å²) in [5.74, 6) is -1.56. The molecule has 0 unspecified atom stereocenters. The number of hydrazine groups is 1. The summed E-state index contributed by atoms with van der Waals surface area (Å²) in [6, 6.07) is 10.2. The number of hydrogen-bond acceptors (Lipinski definition) is 4. The van der Waals surface area contributed by atoms with Crippen molar-refractivity contribution in [3.63, 3.8) is 0 Å². The second kappa shape index (κ2) is 9.87. The number of carbonyl (C=O) groups excluding carboxylic acids is 3. The average molecular weight is 502 g/mol. The zero-order valence-electron chi connectivity index (χ0n) is 19.4. The zero-order chi connectivity index (χ0) is 25.2. The van der Waals surface area contributed by atoms with Crippen LogP contribution < -0.4 is 16.2 Å². The van der Waals surface area contributed by atoms with Crippen LogP contribution in [0.1, 0.15) is 54.0 Å². The Balaban J connectivity index is 2.08. The summed E-state index contributed by atoms with van der Waals surface area (Å²) in [6.45, 7) is 8.88. The lowest BCUT2D eigenvalue weighted by Gasteiger charge is -2.23. The maximum Gasteiger partial charge on any atom is 0.271 e. The molecule has 3 rings (SSSR count). The van der Waals surface area contributed by atoms with Crippen LogP contribution in [0.2, 0.25) is 10.0 Å². The first-order valence-electron chi connectivity index (χ1n) is 10.4. The first-order chi connectivity index (χ1) is 15.9. The number of nitrogens with zero attached hydrogens (tertiary/aromatic N) is 2. The Morgan fingerprint density at radius 2 is 1.65 bits per heavy atom. The Kier molecular flexibility index (Phi) is 7.33. The molecule has 2 aromatic carbocycles. The van der Waals surface area contributed by atoms with Crippen LogP contribution in [0.15, 0.2) is 42.6 Å². The van der Waals surface area contributed by atoms with Gasteiger partial charge >= 0.3 is 0 Å². The topological polar surface area (TPSA) is 105 Å². The van der Waals surface area contributed by atoms with Crippen molar-refractivity contribution < 1.29 is 14.4 Å². The van der Waals surface area contributed by atoms with Gasteiger partial charge in [0.15, 0.2) is 0 Å². The first kappa shape index (κ1) is 25.3. The van der Waals surface area contributed by atoms with Gasteiger partial charge in [0.2, 0.25) is 5.91 Å². The standard InChI is InChI=1S/C24H25Cl2N5O3/c1-13-10-15(25)11-17(23(34)30-29-14(2)32)20(13)28-22(33)18-12-27-31(24(3,4)5)21(18)16-8-6-7-9-19(16)26/h6-12H,1-5H3,(H,28,33)(H,29,32)(H,30,34). The smallest absolute Gasteiger partial charge is 0.271 e. The summed E-state index contributed by atoms with van der Waals surface area (Å²) >= 11 is 12.6. The maximum absolute atomic E-state index is 13.5. The third-order valence-corrected chi connectivity index (χ3v) is 5.46. The van der Waals surface area contributed by atoms with Crippen molar-refractivity contribution in [2.24, 2.45) is 0 Å². The van der Waals surface area contributed by atoms with E-state index in [0.29, 0.717) is 26.9 Å². The highest BCUT2D eigenvalue weighted by Gasteiger charge is 2.27. The van der Waals surface area contributed by atoms with Gasteiger partial charge in [0, 0.05) is 22.5 Å². The molecule has 0 saturated heterocycles. The van der Waals surface area contributed by atoms with E-state index in [1.807, 2.05) is 32.9 Å². The molecule has 3 amide bonds. The molecule has 0 fully saturated rings. The van der Waals surface area contributed by atoms with E-state index in [-0.39, 0.29) is 16.8 Å². The molecule has 34 heavy (non-hydrogen) atoms. The first-order valence-corrected chi connectivity index (χ1v) is 11.2. The number of hydrogen-bond donors (Lipinski definition) is 3. The number of nitrogens with one attached hydrogen (secondary N) is 3. The average Bonchev–Trinajstić information content (AvgIpc) is 3.19. The molecule has 0 radical (unpaired) electrons. The highest BCUT2D eigenvalue weighted by atomic mass is 35.5. The van der Waals surface area contributed by atoms with Gasteiger partial charge in [0.1, 0.15) is 0 Å². The summed E-state index contributed by atoms with van der Waals surface area (Å²) in [5, 5.41) is 8.06. The Morgan fingerprint density at radius 3 is 2.26 bits per heavy atom. The van der Waals surface area contributed by atoms with Gasteiger partial charge in [-0.2, -0.15) is 5.10 Å². The number of aryl methyl sites for hydroxylation is 1. The molecule has 1 heterocycles. The lowest BCUT2D eigenvalue weighted by molar-refractivity contribution is -0.119. The van der Waals surface area contributed by atoms with Crippen LogP contribution >= 0.6 is 23.2 Å². The van der Waals surface area contributed by atoms with Crippen molar-refractivity contribution in [2.45, 2.75) is 40.2 Å². The number of aromatic nitrogens is 2. The maximum atomic E-state index is 13.5. The molecule has 0 aliphatic carbocycles. The van der Waals surface area contributed by atoms with Crippen molar-refractivity contribution in [1.82, 2.24) is 20.6 Å². The molecule has 178 valence electrons. The summed E-state index contributed by atoms with van der Waals surface area (Å²) in [4.78, 5) is 37.4. The lowest BCUT2D eigenvalue weighted by Crippen LogP contribution is -2.40. The van der Waals surface area contributed by atoms with Gasteiger partial charge in [0.05, 0.1) is 34.2 Å².